The van der Waals surface area contributed by atoms with E-state index < -0.39 is 10.0 Å². The molecule has 1 aliphatic heterocycles. The molecule has 7 heteroatoms. The SMILES string of the molecule is C[C@@H]1CCCC[C@H]1NC(=O)c1cccc(S(=O)(=O)N2CCN(C)CC2)c1. The number of carbonyl (C=O) groups excluding carboxylic acids is 1. The molecule has 1 heterocycles. The van der Waals surface area contributed by atoms with Gasteiger partial charge < -0.3 is 10.2 Å². The Labute approximate surface area is 156 Å². The Morgan fingerprint density at radius 2 is 1.81 bits per heavy atom. The summed E-state index contributed by atoms with van der Waals surface area (Å²) in [4.78, 5) is 14.9. The first kappa shape index (κ1) is 19.3. The van der Waals surface area contributed by atoms with E-state index >= 15 is 0 Å². The van der Waals surface area contributed by atoms with Crippen LogP contribution in [-0.4, -0.2) is 62.8 Å². The smallest absolute Gasteiger partial charge is 0.251 e. The Morgan fingerprint density at radius 1 is 1.12 bits per heavy atom. The highest BCUT2D eigenvalue weighted by atomic mass is 32.2. The number of amides is 1. The molecule has 2 aliphatic rings. The van der Waals surface area contributed by atoms with E-state index in [1.165, 1.54) is 16.8 Å². The second kappa shape index (κ2) is 8.06. The van der Waals surface area contributed by atoms with Crippen LogP contribution in [0.25, 0.3) is 0 Å². The van der Waals surface area contributed by atoms with Gasteiger partial charge in [-0.15, -0.1) is 0 Å². The third kappa shape index (κ3) is 4.27. The minimum absolute atomic E-state index is 0.175. The van der Waals surface area contributed by atoms with Crippen molar-refractivity contribution in [1.82, 2.24) is 14.5 Å². The third-order valence-electron chi connectivity index (χ3n) is 5.62. The van der Waals surface area contributed by atoms with Crippen LogP contribution in [0.2, 0.25) is 0 Å². The summed E-state index contributed by atoms with van der Waals surface area (Å²) in [6.07, 6.45) is 4.47. The van der Waals surface area contributed by atoms with Crippen molar-refractivity contribution >= 4 is 15.9 Å². The number of rotatable bonds is 4. The van der Waals surface area contributed by atoms with Crippen molar-refractivity contribution < 1.29 is 13.2 Å². The largest absolute Gasteiger partial charge is 0.349 e. The van der Waals surface area contributed by atoms with Crippen LogP contribution < -0.4 is 5.32 Å². The van der Waals surface area contributed by atoms with E-state index in [1.54, 1.807) is 18.2 Å². The maximum atomic E-state index is 12.9. The lowest BCUT2D eigenvalue weighted by Crippen LogP contribution is -2.47. The van der Waals surface area contributed by atoms with Crippen LogP contribution >= 0.6 is 0 Å². The predicted octanol–water partition coefficient (Wildman–Crippen LogP) is 1.93. The fourth-order valence-electron chi connectivity index (χ4n) is 3.76. The van der Waals surface area contributed by atoms with Gasteiger partial charge in [-0.1, -0.05) is 25.8 Å². The second-order valence-corrected chi connectivity index (χ2v) is 9.51. The second-order valence-electron chi connectivity index (χ2n) is 7.58. The average Bonchev–Trinajstić information content (AvgIpc) is 2.64. The van der Waals surface area contributed by atoms with Gasteiger partial charge in [0.25, 0.3) is 5.91 Å². The molecule has 1 aromatic rings. The van der Waals surface area contributed by atoms with Crippen molar-refractivity contribution in [3.63, 3.8) is 0 Å². The number of nitrogens with one attached hydrogen (secondary N) is 1. The lowest BCUT2D eigenvalue weighted by atomic mass is 9.86. The Bertz CT molecular complexity index is 742. The number of nitrogens with zero attached hydrogens (tertiary/aromatic N) is 2. The van der Waals surface area contributed by atoms with Crippen LogP contribution in [0.15, 0.2) is 29.2 Å². The molecule has 2 fully saturated rings. The molecule has 0 radical (unpaired) electrons. The molecular formula is C19H29N3O3S. The van der Waals surface area contributed by atoms with E-state index in [2.05, 4.69) is 17.1 Å². The monoisotopic (exact) mass is 379 g/mol. The number of carbonyl (C=O) groups is 1. The average molecular weight is 380 g/mol. The van der Waals surface area contributed by atoms with Gasteiger partial charge in [-0.2, -0.15) is 4.31 Å². The minimum atomic E-state index is -3.56. The fraction of sp³-hybridized carbons (Fsp3) is 0.632. The normalized spacial score (nSPS) is 25.8. The van der Waals surface area contributed by atoms with Crippen LogP contribution in [0.3, 0.4) is 0 Å². The molecule has 0 unspecified atom stereocenters. The molecule has 26 heavy (non-hydrogen) atoms. The zero-order chi connectivity index (χ0) is 18.7. The van der Waals surface area contributed by atoms with E-state index in [-0.39, 0.29) is 16.8 Å². The summed E-state index contributed by atoms with van der Waals surface area (Å²) in [5.74, 6) is 0.282. The summed E-state index contributed by atoms with van der Waals surface area (Å²) in [5, 5.41) is 3.09. The summed E-state index contributed by atoms with van der Waals surface area (Å²) in [6.45, 7) is 4.57. The van der Waals surface area contributed by atoms with Crippen molar-refractivity contribution in [3.05, 3.63) is 29.8 Å². The van der Waals surface area contributed by atoms with E-state index in [0.29, 0.717) is 24.6 Å². The zero-order valence-electron chi connectivity index (χ0n) is 15.6. The standard InChI is InChI=1S/C19H29N3O3S/c1-15-6-3-4-9-18(15)20-19(23)16-7-5-8-17(14-16)26(24,25)22-12-10-21(2)11-13-22/h5,7-8,14-15,18H,3-4,6,9-13H2,1-2H3,(H,20,23)/t15-,18-/m1/s1. The number of hydrogen-bond donors (Lipinski definition) is 1. The zero-order valence-corrected chi connectivity index (χ0v) is 16.5. The summed E-state index contributed by atoms with van der Waals surface area (Å²) in [6, 6.07) is 6.60. The van der Waals surface area contributed by atoms with Crippen LogP contribution in [0.4, 0.5) is 0 Å². The van der Waals surface area contributed by atoms with Crippen LogP contribution in [0, 0.1) is 5.92 Å². The number of piperazine rings is 1. The van der Waals surface area contributed by atoms with Gasteiger partial charge in [0.2, 0.25) is 10.0 Å². The van der Waals surface area contributed by atoms with E-state index in [0.717, 1.165) is 32.4 Å². The van der Waals surface area contributed by atoms with Gasteiger partial charge in [0, 0.05) is 37.8 Å². The minimum Gasteiger partial charge on any atom is -0.349 e. The lowest BCUT2D eigenvalue weighted by molar-refractivity contribution is 0.0910. The van der Waals surface area contributed by atoms with Crippen molar-refractivity contribution in [1.29, 1.82) is 0 Å². The fourth-order valence-corrected chi connectivity index (χ4v) is 5.23. The van der Waals surface area contributed by atoms with Gasteiger partial charge in [0.15, 0.2) is 0 Å². The van der Waals surface area contributed by atoms with Crippen LogP contribution in [0.5, 0.6) is 0 Å². The molecule has 144 valence electrons. The van der Waals surface area contributed by atoms with Gasteiger partial charge in [-0.05, 0) is 44.0 Å². The van der Waals surface area contributed by atoms with Crippen molar-refractivity contribution in [2.24, 2.45) is 5.92 Å². The molecule has 0 aromatic heterocycles. The maximum Gasteiger partial charge on any atom is 0.251 e. The first-order valence-electron chi connectivity index (χ1n) is 9.47. The Morgan fingerprint density at radius 3 is 2.50 bits per heavy atom. The van der Waals surface area contributed by atoms with Gasteiger partial charge in [0.1, 0.15) is 0 Å². The summed E-state index contributed by atoms with van der Waals surface area (Å²) >= 11 is 0. The van der Waals surface area contributed by atoms with Gasteiger partial charge in [0.05, 0.1) is 4.90 Å². The molecule has 2 atom stereocenters. The quantitative estimate of drug-likeness (QED) is 0.868. The van der Waals surface area contributed by atoms with Crippen LogP contribution in [0.1, 0.15) is 43.0 Å². The summed E-state index contributed by atoms with van der Waals surface area (Å²) < 4.78 is 27.3. The van der Waals surface area contributed by atoms with Crippen molar-refractivity contribution in [3.8, 4) is 0 Å². The molecule has 1 saturated heterocycles. The molecule has 1 aromatic carbocycles. The van der Waals surface area contributed by atoms with Gasteiger partial charge in [-0.3, -0.25) is 4.79 Å². The van der Waals surface area contributed by atoms with E-state index in [4.69, 9.17) is 0 Å². The number of sulfonamides is 1. The number of benzene rings is 1. The molecule has 1 N–H and O–H groups in total. The highest BCUT2D eigenvalue weighted by Crippen LogP contribution is 2.24. The van der Waals surface area contributed by atoms with Gasteiger partial charge >= 0.3 is 0 Å². The third-order valence-corrected chi connectivity index (χ3v) is 7.52. The molecule has 1 saturated carbocycles. The summed E-state index contributed by atoms with van der Waals surface area (Å²) in [7, 11) is -1.57. The Balaban J connectivity index is 1.74. The molecule has 6 nitrogen and oxygen atoms in total. The van der Waals surface area contributed by atoms with E-state index in [9.17, 15) is 13.2 Å². The number of likely N-dealkylation sites (N-methyl/N-ethyl adjacent to an activating group) is 1. The Kier molecular flexibility index (Phi) is 5.99. The molecule has 0 bridgehead atoms. The van der Waals surface area contributed by atoms with Gasteiger partial charge in [-0.25, -0.2) is 8.42 Å². The molecule has 0 spiro atoms. The van der Waals surface area contributed by atoms with E-state index in [1.807, 2.05) is 7.05 Å². The highest BCUT2D eigenvalue weighted by Gasteiger charge is 2.28. The predicted molar refractivity (Wildman–Crippen MR) is 102 cm³/mol. The first-order valence-corrected chi connectivity index (χ1v) is 10.9. The molecule has 1 amide bonds. The summed E-state index contributed by atoms with van der Waals surface area (Å²) in [5.41, 5.74) is 0.415. The first-order chi connectivity index (χ1) is 12.4. The molecule has 1 aliphatic carbocycles. The van der Waals surface area contributed by atoms with Crippen molar-refractivity contribution in [2.75, 3.05) is 33.2 Å². The van der Waals surface area contributed by atoms with Crippen LogP contribution in [-0.2, 0) is 10.0 Å². The molecule has 3 rings (SSSR count). The maximum absolute atomic E-state index is 12.9. The molecular weight excluding hydrogens is 350 g/mol. The topological polar surface area (TPSA) is 69.7 Å². The van der Waals surface area contributed by atoms with Crippen molar-refractivity contribution in [2.45, 2.75) is 43.5 Å². The Hall–Kier alpha value is -1.44. The lowest BCUT2D eigenvalue weighted by Gasteiger charge is -2.31. The highest BCUT2D eigenvalue weighted by molar-refractivity contribution is 7.89. The number of hydrogen-bond acceptors (Lipinski definition) is 4.